The van der Waals surface area contributed by atoms with Gasteiger partial charge in [0.1, 0.15) is 18.2 Å². The molecule has 0 aliphatic carbocycles. The second-order valence-electron chi connectivity index (χ2n) is 5.60. The van der Waals surface area contributed by atoms with E-state index in [0.717, 1.165) is 11.1 Å². The van der Waals surface area contributed by atoms with Crippen molar-refractivity contribution in [2.24, 2.45) is 0 Å². The molecule has 0 spiro atoms. The lowest BCUT2D eigenvalue weighted by Gasteiger charge is -2.08. The van der Waals surface area contributed by atoms with Gasteiger partial charge in [0.15, 0.2) is 0 Å². The fourth-order valence-electron chi connectivity index (χ4n) is 2.45. The van der Waals surface area contributed by atoms with Crippen molar-refractivity contribution >= 4 is 23.3 Å². The van der Waals surface area contributed by atoms with E-state index in [2.05, 4.69) is 6.07 Å². The molecule has 0 unspecified atom stereocenters. The first-order chi connectivity index (χ1) is 12.7. The molecule has 0 fully saturated rings. The Kier molecular flexibility index (Phi) is 5.68. The standard InChI is InChI=1S/C22H15ClFNO/c23-21-7-3-1-5-17(21)15-26-19-11-9-16(10-12-19)13-18(14-25)20-6-2-4-8-22(20)24/h1-13H,15H2. The van der Waals surface area contributed by atoms with Crippen LogP contribution < -0.4 is 4.74 Å². The number of nitrogens with zero attached hydrogens (tertiary/aromatic N) is 1. The van der Waals surface area contributed by atoms with Crippen molar-refractivity contribution in [3.63, 3.8) is 0 Å². The van der Waals surface area contributed by atoms with Gasteiger partial charge in [-0.1, -0.05) is 60.1 Å². The molecule has 0 radical (unpaired) electrons. The van der Waals surface area contributed by atoms with E-state index < -0.39 is 5.82 Å². The van der Waals surface area contributed by atoms with Crippen molar-refractivity contribution < 1.29 is 9.13 Å². The third-order valence-corrected chi connectivity index (χ3v) is 4.20. The summed E-state index contributed by atoms with van der Waals surface area (Å²) in [6.07, 6.45) is 1.65. The second-order valence-corrected chi connectivity index (χ2v) is 6.01. The topological polar surface area (TPSA) is 33.0 Å². The summed E-state index contributed by atoms with van der Waals surface area (Å²) in [4.78, 5) is 0. The lowest BCUT2D eigenvalue weighted by atomic mass is 10.0. The predicted octanol–water partition coefficient (Wildman–Crippen LogP) is 6.12. The van der Waals surface area contributed by atoms with E-state index >= 15 is 0 Å². The Balaban J connectivity index is 1.74. The summed E-state index contributed by atoms with van der Waals surface area (Å²) in [5.41, 5.74) is 2.25. The van der Waals surface area contributed by atoms with Gasteiger partial charge in [-0.05, 0) is 35.9 Å². The molecule has 0 saturated heterocycles. The van der Waals surface area contributed by atoms with Crippen LogP contribution in [0.4, 0.5) is 4.39 Å². The van der Waals surface area contributed by atoms with E-state index in [9.17, 15) is 9.65 Å². The van der Waals surface area contributed by atoms with Crippen LogP contribution in [0.3, 0.4) is 0 Å². The number of halogens is 2. The van der Waals surface area contributed by atoms with Crippen LogP contribution in [-0.4, -0.2) is 0 Å². The molecule has 128 valence electrons. The summed E-state index contributed by atoms with van der Waals surface area (Å²) in [5, 5.41) is 10.00. The summed E-state index contributed by atoms with van der Waals surface area (Å²) in [6.45, 7) is 0.369. The molecule has 2 nitrogen and oxygen atoms in total. The van der Waals surface area contributed by atoms with Crippen molar-refractivity contribution in [2.75, 3.05) is 0 Å². The molecule has 3 aromatic carbocycles. The molecular weight excluding hydrogens is 349 g/mol. The van der Waals surface area contributed by atoms with Crippen LogP contribution in [0.2, 0.25) is 5.02 Å². The Hall–Kier alpha value is -3.09. The van der Waals surface area contributed by atoms with Crippen molar-refractivity contribution in [2.45, 2.75) is 6.61 Å². The monoisotopic (exact) mass is 363 g/mol. The Morgan fingerprint density at radius 2 is 1.69 bits per heavy atom. The number of hydrogen-bond donors (Lipinski definition) is 0. The van der Waals surface area contributed by atoms with E-state index in [1.165, 1.54) is 6.07 Å². The zero-order valence-corrected chi connectivity index (χ0v) is 14.6. The second kappa shape index (κ2) is 8.33. The van der Waals surface area contributed by atoms with Crippen LogP contribution in [0.15, 0.2) is 72.8 Å². The summed E-state index contributed by atoms with van der Waals surface area (Å²) < 4.78 is 19.6. The molecule has 3 rings (SSSR count). The van der Waals surface area contributed by atoms with Crippen LogP contribution in [0.5, 0.6) is 5.75 Å². The van der Waals surface area contributed by atoms with E-state index in [-0.39, 0.29) is 11.1 Å². The maximum absolute atomic E-state index is 13.9. The minimum atomic E-state index is -0.417. The molecule has 0 bridgehead atoms. The third kappa shape index (κ3) is 4.30. The number of nitriles is 1. The van der Waals surface area contributed by atoms with E-state index in [0.29, 0.717) is 17.4 Å². The zero-order chi connectivity index (χ0) is 18.4. The van der Waals surface area contributed by atoms with Crippen molar-refractivity contribution in [3.8, 4) is 11.8 Å². The van der Waals surface area contributed by atoms with Gasteiger partial charge in [-0.15, -0.1) is 0 Å². The number of ether oxygens (including phenoxy) is 1. The highest BCUT2D eigenvalue weighted by molar-refractivity contribution is 6.31. The molecule has 0 N–H and O–H groups in total. The van der Waals surface area contributed by atoms with Gasteiger partial charge in [0.25, 0.3) is 0 Å². The van der Waals surface area contributed by atoms with Crippen LogP contribution in [-0.2, 0) is 6.61 Å². The molecule has 3 aromatic rings. The minimum absolute atomic E-state index is 0.271. The first-order valence-corrected chi connectivity index (χ1v) is 8.38. The Bertz CT molecular complexity index is 974. The molecule has 0 atom stereocenters. The Labute approximate surface area is 156 Å². The van der Waals surface area contributed by atoms with Crippen molar-refractivity contribution in [3.05, 3.63) is 100 Å². The van der Waals surface area contributed by atoms with Gasteiger partial charge < -0.3 is 4.74 Å². The number of benzene rings is 3. The normalized spacial score (nSPS) is 11.0. The fourth-order valence-corrected chi connectivity index (χ4v) is 2.64. The van der Waals surface area contributed by atoms with Gasteiger partial charge in [0.2, 0.25) is 0 Å². The van der Waals surface area contributed by atoms with Crippen LogP contribution in [0.1, 0.15) is 16.7 Å². The molecule has 0 saturated carbocycles. The highest BCUT2D eigenvalue weighted by atomic mass is 35.5. The van der Waals surface area contributed by atoms with Gasteiger partial charge in [0, 0.05) is 16.1 Å². The molecular formula is C22H15ClFNO. The first kappa shape index (κ1) is 17.7. The maximum atomic E-state index is 13.9. The molecule has 0 heterocycles. The molecule has 26 heavy (non-hydrogen) atoms. The van der Waals surface area contributed by atoms with Crippen molar-refractivity contribution in [1.82, 2.24) is 0 Å². The average Bonchev–Trinajstić information content (AvgIpc) is 2.67. The van der Waals surface area contributed by atoms with E-state index in [1.807, 2.05) is 36.4 Å². The highest BCUT2D eigenvalue weighted by Crippen LogP contribution is 2.23. The number of allylic oxidation sites excluding steroid dienone is 1. The highest BCUT2D eigenvalue weighted by Gasteiger charge is 2.07. The zero-order valence-electron chi connectivity index (χ0n) is 13.8. The lowest BCUT2D eigenvalue weighted by molar-refractivity contribution is 0.306. The average molecular weight is 364 g/mol. The number of hydrogen-bond acceptors (Lipinski definition) is 2. The Morgan fingerprint density at radius 3 is 2.38 bits per heavy atom. The smallest absolute Gasteiger partial charge is 0.131 e. The number of rotatable bonds is 5. The van der Waals surface area contributed by atoms with Gasteiger partial charge in [-0.3, -0.25) is 0 Å². The summed E-state index contributed by atoms with van der Waals surface area (Å²) in [6, 6.07) is 23.0. The summed E-state index contributed by atoms with van der Waals surface area (Å²) >= 11 is 6.11. The van der Waals surface area contributed by atoms with Crippen LogP contribution in [0, 0.1) is 17.1 Å². The van der Waals surface area contributed by atoms with Crippen LogP contribution in [0.25, 0.3) is 11.6 Å². The van der Waals surface area contributed by atoms with Gasteiger partial charge in [-0.25, -0.2) is 4.39 Å². The molecule has 0 amide bonds. The van der Waals surface area contributed by atoms with E-state index in [1.54, 1.807) is 36.4 Å². The summed E-state index contributed by atoms with van der Waals surface area (Å²) in [7, 11) is 0. The lowest BCUT2D eigenvalue weighted by Crippen LogP contribution is -1.96. The molecule has 0 aliphatic rings. The minimum Gasteiger partial charge on any atom is -0.489 e. The third-order valence-electron chi connectivity index (χ3n) is 3.83. The van der Waals surface area contributed by atoms with Crippen molar-refractivity contribution in [1.29, 1.82) is 5.26 Å². The predicted molar refractivity (Wildman–Crippen MR) is 102 cm³/mol. The van der Waals surface area contributed by atoms with Gasteiger partial charge in [-0.2, -0.15) is 5.26 Å². The first-order valence-electron chi connectivity index (χ1n) is 8.00. The molecule has 0 aliphatic heterocycles. The van der Waals surface area contributed by atoms with E-state index in [4.69, 9.17) is 16.3 Å². The quantitative estimate of drug-likeness (QED) is 0.404. The largest absolute Gasteiger partial charge is 0.489 e. The SMILES string of the molecule is N#CC(=Cc1ccc(OCc2ccccc2Cl)cc1)c1ccccc1F. The fraction of sp³-hybridized carbons (Fsp3) is 0.0455. The molecule has 0 aromatic heterocycles. The van der Waals surface area contributed by atoms with Crippen LogP contribution >= 0.6 is 11.6 Å². The van der Waals surface area contributed by atoms with Gasteiger partial charge >= 0.3 is 0 Å². The maximum Gasteiger partial charge on any atom is 0.131 e. The Morgan fingerprint density at radius 1 is 1.00 bits per heavy atom. The molecule has 4 heteroatoms. The summed E-state index contributed by atoms with van der Waals surface area (Å²) in [5.74, 6) is 0.270. The van der Waals surface area contributed by atoms with Gasteiger partial charge in [0.05, 0.1) is 11.6 Å².